The van der Waals surface area contributed by atoms with Gasteiger partial charge in [-0.2, -0.15) is 8.42 Å². The summed E-state index contributed by atoms with van der Waals surface area (Å²) in [4.78, 5) is 9.62. The zero-order valence-corrected chi connectivity index (χ0v) is 22.1. The topological polar surface area (TPSA) is 73.7 Å². The molecule has 0 saturated carbocycles. The van der Waals surface area contributed by atoms with Crippen molar-refractivity contribution in [3.63, 3.8) is 0 Å². The minimum Gasteiger partial charge on any atom is -0.347 e. The molecule has 1 aliphatic heterocycles. The summed E-state index contributed by atoms with van der Waals surface area (Å²) >= 11 is 1.79. The maximum Gasteiger partial charge on any atom is 0.294 e. The minimum atomic E-state index is -4.02. The second-order valence-corrected chi connectivity index (χ2v) is 11.3. The van der Waals surface area contributed by atoms with Crippen LogP contribution in [0.4, 0.5) is 5.13 Å². The second-order valence-electron chi connectivity index (χ2n) is 8.88. The molecule has 0 spiro atoms. The quantitative estimate of drug-likeness (QED) is 0.325. The van der Waals surface area contributed by atoms with E-state index in [0.29, 0.717) is 6.04 Å². The number of aryl methyl sites for hydroxylation is 1. The summed E-state index contributed by atoms with van der Waals surface area (Å²) in [6, 6.07) is 25.4. The van der Waals surface area contributed by atoms with E-state index in [2.05, 4.69) is 83.6 Å². The summed E-state index contributed by atoms with van der Waals surface area (Å²) < 4.78 is 30.8. The van der Waals surface area contributed by atoms with Crippen molar-refractivity contribution in [2.45, 2.75) is 24.3 Å². The van der Waals surface area contributed by atoms with Gasteiger partial charge in [0.2, 0.25) is 0 Å². The molecule has 6 nitrogen and oxygen atoms in total. The van der Waals surface area contributed by atoms with Crippen molar-refractivity contribution in [2.24, 2.45) is 0 Å². The van der Waals surface area contributed by atoms with Crippen molar-refractivity contribution in [3.05, 3.63) is 96.1 Å². The number of likely N-dealkylation sites (tertiary alicyclic amines) is 1. The summed E-state index contributed by atoms with van der Waals surface area (Å²) in [5.74, 6) is 0. The van der Waals surface area contributed by atoms with Crippen LogP contribution in [0.1, 0.15) is 17.5 Å². The highest BCUT2D eigenvalue weighted by atomic mass is 32.2. The van der Waals surface area contributed by atoms with E-state index in [1.54, 1.807) is 23.5 Å². The number of fused-ring (bicyclic) bond motifs is 1. The lowest BCUT2D eigenvalue weighted by Crippen LogP contribution is -2.34. The number of hydrogen-bond donors (Lipinski definition) is 1. The number of rotatable bonds is 6. The maximum atomic E-state index is 10.5. The molecule has 36 heavy (non-hydrogen) atoms. The van der Waals surface area contributed by atoms with Crippen LogP contribution in [0.2, 0.25) is 0 Å². The smallest absolute Gasteiger partial charge is 0.294 e. The van der Waals surface area contributed by atoms with Crippen LogP contribution in [0.15, 0.2) is 89.8 Å². The fourth-order valence-electron chi connectivity index (χ4n) is 4.07. The number of likely N-dealkylation sites (N-methyl/N-ethyl adjacent to an activating group) is 1. The van der Waals surface area contributed by atoms with E-state index >= 15 is 0 Å². The monoisotopic (exact) mass is 521 g/mol. The van der Waals surface area contributed by atoms with Gasteiger partial charge in [-0.3, -0.25) is 9.45 Å². The number of nitrogens with zero attached hydrogens (tertiary/aromatic N) is 3. The highest BCUT2D eigenvalue weighted by Gasteiger charge is 2.26. The van der Waals surface area contributed by atoms with Crippen LogP contribution in [0.3, 0.4) is 0 Å². The van der Waals surface area contributed by atoms with Crippen LogP contribution in [-0.4, -0.2) is 55.6 Å². The maximum absolute atomic E-state index is 10.5. The van der Waals surface area contributed by atoms with Crippen molar-refractivity contribution in [3.8, 4) is 0 Å². The van der Waals surface area contributed by atoms with E-state index in [-0.39, 0.29) is 4.90 Å². The standard InChI is InChI=1S/C21H23N3S.C7H8O3S/c1-23(21-22-19-11-5-6-12-20(19)25-21)18-13-15-24(16-18)14-7-10-17-8-3-2-4-9-17;1-6-2-4-7(5-3-6)11(8,9)10/h2-12,18H,13-16H2,1H3;2-5H,1H3,(H,8,9,10). The molecule has 4 aromatic rings. The summed E-state index contributed by atoms with van der Waals surface area (Å²) in [5.41, 5.74) is 3.33. The van der Waals surface area contributed by atoms with Gasteiger partial charge in [-0.1, -0.05) is 83.6 Å². The number of para-hydroxylation sites is 1. The summed E-state index contributed by atoms with van der Waals surface area (Å²) in [6.07, 6.45) is 5.69. The zero-order valence-electron chi connectivity index (χ0n) is 20.5. The molecule has 2 heterocycles. The summed E-state index contributed by atoms with van der Waals surface area (Å²) in [6.45, 7) is 5.11. The summed E-state index contributed by atoms with van der Waals surface area (Å²) in [7, 11) is -1.83. The number of hydrogen-bond acceptors (Lipinski definition) is 6. The van der Waals surface area contributed by atoms with Gasteiger partial charge in [-0.05, 0) is 43.2 Å². The molecule has 1 saturated heterocycles. The van der Waals surface area contributed by atoms with Gasteiger partial charge < -0.3 is 4.90 Å². The minimum absolute atomic E-state index is 0.0666. The van der Waals surface area contributed by atoms with Crippen LogP contribution >= 0.6 is 11.3 Å². The fraction of sp³-hybridized carbons (Fsp3) is 0.250. The van der Waals surface area contributed by atoms with E-state index in [9.17, 15) is 8.42 Å². The Balaban J connectivity index is 0.000000233. The lowest BCUT2D eigenvalue weighted by molar-refractivity contribution is 0.371. The van der Waals surface area contributed by atoms with E-state index in [1.807, 2.05) is 6.92 Å². The van der Waals surface area contributed by atoms with Gasteiger partial charge in [0, 0.05) is 32.7 Å². The average Bonchev–Trinajstić information content (AvgIpc) is 3.52. The van der Waals surface area contributed by atoms with Crippen LogP contribution in [0.25, 0.3) is 16.3 Å². The Morgan fingerprint density at radius 3 is 2.44 bits per heavy atom. The van der Waals surface area contributed by atoms with Crippen molar-refractivity contribution in [2.75, 3.05) is 31.6 Å². The van der Waals surface area contributed by atoms with Gasteiger partial charge in [0.15, 0.2) is 5.13 Å². The normalized spacial score (nSPS) is 16.2. The Kier molecular flexibility index (Phi) is 8.53. The first-order chi connectivity index (χ1) is 17.3. The molecule has 3 aromatic carbocycles. The molecular weight excluding hydrogens is 490 g/mol. The fourth-order valence-corrected chi connectivity index (χ4v) is 5.55. The van der Waals surface area contributed by atoms with Crippen molar-refractivity contribution in [1.82, 2.24) is 9.88 Å². The Morgan fingerprint density at radius 2 is 1.75 bits per heavy atom. The number of anilines is 1. The van der Waals surface area contributed by atoms with Crippen LogP contribution in [0, 0.1) is 6.92 Å². The Labute approximate surface area is 217 Å². The molecule has 0 amide bonds. The van der Waals surface area contributed by atoms with E-state index in [1.165, 1.54) is 28.8 Å². The van der Waals surface area contributed by atoms with E-state index in [0.717, 1.165) is 35.8 Å². The van der Waals surface area contributed by atoms with Crippen LogP contribution in [-0.2, 0) is 10.1 Å². The predicted octanol–water partition coefficient (Wildman–Crippen LogP) is 5.76. The Hall–Kier alpha value is -3.04. The third-order valence-electron chi connectivity index (χ3n) is 6.17. The highest BCUT2D eigenvalue weighted by molar-refractivity contribution is 7.85. The number of thiazole rings is 1. The molecule has 0 bridgehead atoms. The van der Waals surface area contributed by atoms with Crippen LogP contribution < -0.4 is 4.90 Å². The van der Waals surface area contributed by atoms with Gasteiger partial charge >= 0.3 is 0 Å². The number of aromatic nitrogens is 1. The molecule has 1 aliphatic rings. The zero-order chi connectivity index (χ0) is 25.5. The number of benzene rings is 3. The molecule has 188 valence electrons. The molecule has 1 aromatic heterocycles. The largest absolute Gasteiger partial charge is 0.347 e. The van der Waals surface area contributed by atoms with Gasteiger partial charge in [0.1, 0.15) is 0 Å². The molecule has 1 fully saturated rings. The molecule has 5 rings (SSSR count). The van der Waals surface area contributed by atoms with Crippen molar-refractivity contribution in [1.29, 1.82) is 0 Å². The molecule has 1 unspecified atom stereocenters. The highest BCUT2D eigenvalue weighted by Crippen LogP contribution is 2.30. The Morgan fingerprint density at radius 1 is 1.06 bits per heavy atom. The first-order valence-corrected chi connectivity index (χ1v) is 14.1. The SMILES string of the molecule is CN(c1nc2ccccc2s1)C1CCN(CC=Cc2ccccc2)C1.Cc1ccc(S(=O)(=O)O)cc1. The predicted molar refractivity (Wildman–Crippen MR) is 149 cm³/mol. The van der Waals surface area contributed by atoms with Crippen LogP contribution in [0.5, 0.6) is 0 Å². The van der Waals surface area contributed by atoms with Gasteiger partial charge in [0.05, 0.1) is 15.1 Å². The average molecular weight is 522 g/mol. The first kappa shape index (κ1) is 26.0. The van der Waals surface area contributed by atoms with Crippen molar-refractivity contribution < 1.29 is 13.0 Å². The third kappa shape index (κ3) is 7.01. The lowest BCUT2D eigenvalue weighted by atomic mass is 10.2. The van der Waals surface area contributed by atoms with Crippen molar-refractivity contribution >= 4 is 42.9 Å². The molecule has 1 atom stereocenters. The Bertz CT molecular complexity index is 1370. The molecule has 1 N–H and O–H groups in total. The van der Waals surface area contributed by atoms with Gasteiger partial charge in [-0.15, -0.1) is 0 Å². The van der Waals surface area contributed by atoms with E-state index < -0.39 is 10.1 Å². The first-order valence-electron chi connectivity index (χ1n) is 11.9. The summed E-state index contributed by atoms with van der Waals surface area (Å²) in [5, 5.41) is 1.13. The third-order valence-corrected chi connectivity index (χ3v) is 8.17. The van der Waals surface area contributed by atoms with Gasteiger partial charge in [0.25, 0.3) is 10.1 Å². The van der Waals surface area contributed by atoms with E-state index in [4.69, 9.17) is 9.54 Å². The van der Waals surface area contributed by atoms with Gasteiger partial charge in [-0.25, -0.2) is 4.98 Å². The molecule has 0 aliphatic carbocycles. The second kappa shape index (κ2) is 11.8. The molecule has 0 radical (unpaired) electrons. The molecule has 8 heteroatoms. The molecular formula is C28H31N3O3S2. The lowest BCUT2D eigenvalue weighted by Gasteiger charge is -2.24.